The number of hydrogen-bond acceptors (Lipinski definition) is 15. The number of unbranched alkanes of at least 4 members (excludes halogenated alkanes) is 47. The zero-order valence-electron chi connectivity index (χ0n) is 64.9. The van der Waals surface area contributed by atoms with Gasteiger partial charge in [-0.15, -0.1) is 0 Å². The molecule has 0 radical (unpaired) electrons. The summed E-state index contributed by atoms with van der Waals surface area (Å²) < 4.78 is 68.6. The fourth-order valence-corrected chi connectivity index (χ4v) is 13.3. The van der Waals surface area contributed by atoms with Crippen LogP contribution in [-0.4, -0.2) is 96.7 Å². The van der Waals surface area contributed by atoms with Crippen LogP contribution in [0, 0.1) is 0 Å². The number of phosphoric acid groups is 2. The first-order chi connectivity index (χ1) is 49.2. The highest BCUT2D eigenvalue weighted by Gasteiger charge is 2.30. The van der Waals surface area contributed by atoms with E-state index in [4.69, 9.17) is 37.0 Å². The highest BCUT2D eigenvalue weighted by atomic mass is 31.2. The molecule has 0 aliphatic heterocycles. The molecule has 3 N–H and O–H groups in total. The van der Waals surface area contributed by atoms with Crippen molar-refractivity contribution in [2.45, 2.75) is 412 Å². The molecule has 0 aromatic carbocycles. The number of carbonyl (C=O) groups excluding carboxylic acids is 4. The molecule has 592 valence electrons. The number of phosphoric ester groups is 2. The second-order valence-corrected chi connectivity index (χ2v) is 31.0. The van der Waals surface area contributed by atoms with E-state index in [1.807, 2.05) is 0 Å². The Morgan fingerprint density at radius 3 is 0.723 bits per heavy atom. The number of carbonyl (C=O) groups is 4. The normalized spacial score (nSPS) is 14.1. The number of rotatable bonds is 79. The smallest absolute Gasteiger partial charge is 0.462 e. The Morgan fingerprint density at radius 2 is 0.475 bits per heavy atom. The van der Waals surface area contributed by atoms with Gasteiger partial charge in [-0.1, -0.05) is 340 Å². The summed E-state index contributed by atoms with van der Waals surface area (Å²) in [6.45, 7) is 4.88. The summed E-state index contributed by atoms with van der Waals surface area (Å²) in [5.41, 5.74) is 0. The summed E-state index contributed by atoms with van der Waals surface area (Å²) in [6.07, 6.45) is 73.8. The van der Waals surface area contributed by atoms with Crippen molar-refractivity contribution in [2.24, 2.45) is 0 Å². The van der Waals surface area contributed by atoms with E-state index in [1.165, 1.54) is 193 Å². The van der Waals surface area contributed by atoms with Crippen LogP contribution >= 0.6 is 15.6 Å². The number of allylic oxidation sites excluding steroid dienone is 8. The molecule has 0 bridgehead atoms. The fraction of sp³-hybridized carbons (Fsp3) is 0.854. The van der Waals surface area contributed by atoms with E-state index in [2.05, 4.69) is 76.3 Å². The summed E-state index contributed by atoms with van der Waals surface area (Å²) in [5, 5.41) is 10.6. The zero-order chi connectivity index (χ0) is 73.9. The van der Waals surface area contributed by atoms with Crippen LogP contribution in [0.15, 0.2) is 48.6 Å². The first-order valence-electron chi connectivity index (χ1n) is 41.4. The Hall–Kier alpha value is -2.98. The Balaban J connectivity index is 5.28. The lowest BCUT2D eigenvalue weighted by Crippen LogP contribution is -2.30. The van der Waals surface area contributed by atoms with Crippen LogP contribution in [0.5, 0.6) is 0 Å². The van der Waals surface area contributed by atoms with Gasteiger partial charge in [0.05, 0.1) is 26.4 Å². The molecule has 5 atom stereocenters. The van der Waals surface area contributed by atoms with E-state index in [0.717, 1.165) is 122 Å². The third-order valence-electron chi connectivity index (χ3n) is 18.1. The highest BCUT2D eigenvalue weighted by Crippen LogP contribution is 2.45. The predicted molar refractivity (Wildman–Crippen MR) is 414 cm³/mol. The van der Waals surface area contributed by atoms with Crippen molar-refractivity contribution < 1.29 is 80.2 Å². The lowest BCUT2D eigenvalue weighted by atomic mass is 10.0. The topological polar surface area (TPSA) is 237 Å². The van der Waals surface area contributed by atoms with Gasteiger partial charge in [-0.25, -0.2) is 9.13 Å². The minimum atomic E-state index is -4.97. The number of esters is 4. The van der Waals surface area contributed by atoms with E-state index in [0.29, 0.717) is 25.7 Å². The quantitative estimate of drug-likeness (QED) is 0.0169. The molecule has 0 rings (SSSR count). The van der Waals surface area contributed by atoms with Gasteiger partial charge in [0, 0.05) is 25.7 Å². The van der Waals surface area contributed by atoms with E-state index in [9.17, 15) is 43.2 Å². The monoisotopic (exact) mass is 1470 g/mol. The van der Waals surface area contributed by atoms with E-state index >= 15 is 0 Å². The van der Waals surface area contributed by atoms with Crippen LogP contribution < -0.4 is 0 Å². The summed E-state index contributed by atoms with van der Waals surface area (Å²) in [6, 6.07) is 0. The summed E-state index contributed by atoms with van der Waals surface area (Å²) >= 11 is 0. The maximum absolute atomic E-state index is 13.1. The predicted octanol–water partition coefficient (Wildman–Crippen LogP) is 24.1. The lowest BCUT2D eigenvalue weighted by Gasteiger charge is -2.21. The van der Waals surface area contributed by atoms with E-state index in [-0.39, 0.29) is 25.7 Å². The van der Waals surface area contributed by atoms with Crippen LogP contribution in [0.4, 0.5) is 0 Å². The maximum Gasteiger partial charge on any atom is 0.472 e. The van der Waals surface area contributed by atoms with Gasteiger partial charge in [0.1, 0.15) is 19.3 Å². The maximum atomic E-state index is 13.1. The van der Waals surface area contributed by atoms with Crippen molar-refractivity contribution in [3.63, 3.8) is 0 Å². The van der Waals surface area contributed by atoms with Crippen molar-refractivity contribution >= 4 is 39.5 Å². The molecule has 0 heterocycles. The molecule has 17 nitrogen and oxygen atoms in total. The third kappa shape index (κ3) is 75.1. The van der Waals surface area contributed by atoms with Crippen LogP contribution in [0.2, 0.25) is 0 Å². The van der Waals surface area contributed by atoms with Gasteiger partial charge in [0.2, 0.25) is 0 Å². The summed E-state index contributed by atoms with van der Waals surface area (Å²) in [5.74, 6) is -2.17. The van der Waals surface area contributed by atoms with E-state index in [1.54, 1.807) is 0 Å². The molecular weight excluding hydrogens is 1320 g/mol. The molecule has 0 aliphatic rings. The molecule has 0 aliphatic carbocycles. The van der Waals surface area contributed by atoms with Crippen molar-refractivity contribution in [3.8, 4) is 0 Å². The minimum absolute atomic E-state index is 0.0833. The molecule has 0 spiro atoms. The Labute approximate surface area is 617 Å². The number of ether oxygens (including phenoxy) is 4. The average Bonchev–Trinajstić information content (AvgIpc) is 1.09. The second kappa shape index (κ2) is 75.3. The van der Waals surface area contributed by atoms with Crippen molar-refractivity contribution in [3.05, 3.63) is 48.6 Å². The molecule has 0 fully saturated rings. The zero-order valence-corrected chi connectivity index (χ0v) is 66.6. The van der Waals surface area contributed by atoms with Crippen LogP contribution in [0.1, 0.15) is 394 Å². The fourth-order valence-electron chi connectivity index (χ4n) is 11.7. The Morgan fingerprint density at radius 1 is 0.277 bits per heavy atom. The van der Waals surface area contributed by atoms with Gasteiger partial charge in [-0.2, -0.15) is 0 Å². The number of hydrogen-bond donors (Lipinski definition) is 3. The molecule has 0 saturated carbocycles. The summed E-state index contributed by atoms with van der Waals surface area (Å²) in [7, 11) is -9.94. The second-order valence-electron chi connectivity index (χ2n) is 28.1. The van der Waals surface area contributed by atoms with Gasteiger partial charge in [-0.05, 0) is 77.0 Å². The molecule has 0 saturated heterocycles. The van der Waals surface area contributed by atoms with Crippen LogP contribution in [0.25, 0.3) is 0 Å². The molecule has 0 aromatic heterocycles. The molecule has 101 heavy (non-hydrogen) atoms. The lowest BCUT2D eigenvalue weighted by molar-refractivity contribution is -0.161. The van der Waals surface area contributed by atoms with Crippen LogP contribution in [-0.2, 0) is 65.4 Å². The summed E-state index contributed by atoms with van der Waals surface area (Å²) in [4.78, 5) is 73.0. The van der Waals surface area contributed by atoms with Gasteiger partial charge >= 0.3 is 39.5 Å². The molecule has 0 amide bonds. The Bertz CT molecular complexity index is 2100. The Kier molecular flexibility index (Phi) is 73.0. The van der Waals surface area contributed by atoms with Crippen molar-refractivity contribution in [1.29, 1.82) is 0 Å². The van der Waals surface area contributed by atoms with Gasteiger partial charge in [0.25, 0.3) is 0 Å². The standard InChI is InChI=1S/C82H152O17P2/c1-5-9-13-17-21-25-29-32-35-36-37-38-39-40-43-46-49-53-57-61-65-69-82(87)99-78(73-93-80(85)67-63-59-55-51-47-44-41-33-30-26-22-18-14-10-6-2)75-97-101(90,91)95-71-76(83)70-94-100(88,89)96-74-77(72-92-79(84)66-62-58-54-50-28-24-20-16-12-8-4)98-81(86)68-64-60-56-52-48-45-42-34-31-27-23-19-15-11-7-3/h26-27,30-31,33-34,41-42,76-78,83H,5-25,28-29,32,35-40,43-75H2,1-4H3,(H,88,89)(H,90,91)/b30-26-,31-27-,41-33-,42-34-/t76-,77+,78+/m0/s1. The van der Waals surface area contributed by atoms with Crippen LogP contribution in [0.3, 0.4) is 0 Å². The number of aliphatic hydroxyl groups is 1. The van der Waals surface area contributed by atoms with Gasteiger partial charge in [0.15, 0.2) is 12.2 Å². The molecule has 0 aromatic rings. The first-order valence-corrected chi connectivity index (χ1v) is 44.4. The number of aliphatic hydroxyl groups excluding tert-OH is 1. The van der Waals surface area contributed by atoms with Crippen molar-refractivity contribution in [2.75, 3.05) is 39.6 Å². The molecular formula is C82H152O17P2. The highest BCUT2D eigenvalue weighted by molar-refractivity contribution is 7.47. The molecule has 2 unspecified atom stereocenters. The van der Waals surface area contributed by atoms with Crippen molar-refractivity contribution in [1.82, 2.24) is 0 Å². The average molecular weight is 1470 g/mol. The van der Waals surface area contributed by atoms with E-state index < -0.39 is 97.5 Å². The largest absolute Gasteiger partial charge is 0.472 e. The SMILES string of the molecule is CCCCCC/C=C\C=C/CCCCCCCC(=O)OC[C@H](COP(=O)(O)OC[C@@H](O)COP(=O)(O)OC[C@@H](COC(=O)CCCCCCCCCCCC)OC(=O)CCCCCCC/C=C\C=C/CCCCCC)OC(=O)CCCCCCCCCCCCCCCCCCCCCCC. The van der Waals surface area contributed by atoms with Gasteiger partial charge in [-0.3, -0.25) is 37.3 Å². The first kappa shape index (κ1) is 98.0. The minimum Gasteiger partial charge on any atom is -0.462 e. The third-order valence-corrected chi connectivity index (χ3v) is 20.0. The molecule has 19 heteroatoms. The van der Waals surface area contributed by atoms with Gasteiger partial charge < -0.3 is 33.8 Å².